The first-order valence-corrected chi connectivity index (χ1v) is 7.95. The van der Waals surface area contributed by atoms with Gasteiger partial charge in [0.05, 0.1) is 17.0 Å². The van der Waals surface area contributed by atoms with Crippen LogP contribution in [0.1, 0.15) is 34.5 Å². The van der Waals surface area contributed by atoms with Crippen LogP contribution in [0, 0.1) is 10.1 Å². The lowest BCUT2D eigenvalue weighted by Crippen LogP contribution is -2.12. The Hall–Kier alpha value is -2.32. The number of nitrogens with zero attached hydrogens (tertiary/aromatic N) is 2. The summed E-state index contributed by atoms with van der Waals surface area (Å²) in [5.74, 6) is 4.33. The van der Waals surface area contributed by atoms with Crippen molar-refractivity contribution in [2.45, 2.75) is 32.6 Å². The Kier molecular flexibility index (Phi) is 5.78. The van der Waals surface area contributed by atoms with Gasteiger partial charge in [-0.25, -0.2) is 9.78 Å². The summed E-state index contributed by atoms with van der Waals surface area (Å²) in [6, 6.07) is 6.45. The van der Waals surface area contributed by atoms with Crippen molar-refractivity contribution in [1.82, 2.24) is 4.98 Å². The third-order valence-electron chi connectivity index (χ3n) is 3.25. The van der Waals surface area contributed by atoms with Crippen LogP contribution >= 0.6 is 11.3 Å². The third kappa shape index (κ3) is 4.57. The molecule has 2 N–H and O–H groups in total. The number of nitro groups is 1. The highest BCUT2D eigenvalue weighted by molar-refractivity contribution is 7.11. The number of carbonyl (C=O) groups excluding carboxylic acids is 1. The van der Waals surface area contributed by atoms with Gasteiger partial charge in [-0.3, -0.25) is 10.1 Å². The minimum absolute atomic E-state index is 0.0537. The summed E-state index contributed by atoms with van der Waals surface area (Å²) in [7, 11) is 0. The Bertz CT molecular complexity index is 697. The van der Waals surface area contributed by atoms with Crippen LogP contribution in [0.4, 0.5) is 5.69 Å². The Morgan fingerprint density at radius 1 is 1.39 bits per heavy atom. The highest BCUT2D eigenvalue weighted by Gasteiger charge is 2.15. The third-order valence-corrected chi connectivity index (χ3v) is 4.35. The van der Waals surface area contributed by atoms with E-state index >= 15 is 0 Å². The fraction of sp³-hybridized carbons (Fsp3) is 0.333. The molecule has 1 aromatic carbocycles. The van der Waals surface area contributed by atoms with E-state index in [9.17, 15) is 14.9 Å². The molecule has 2 rings (SSSR count). The first-order valence-electron chi connectivity index (χ1n) is 7.13. The Morgan fingerprint density at radius 3 is 2.65 bits per heavy atom. The van der Waals surface area contributed by atoms with Crippen LogP contribution in [0.2, 0.25) is 0 Å². The SMILES string of the molecule is CCCc1nc(CC(=O)ON)sc1Cc1ccc([N+](=O)[O-])cc1. The molecule has 23 heavy (non-hydrogen) atoms. The first kappa shape index (κ1) is 17.0. The molecule has 0 aliphatic carbocycles. The number of hydrogen-bond donors (Lipinski definition) is 1. The van der Waals surface area contributed by atoms with Gasteiger partial charge in [-0.1, -0.05) is 25.5 Å². The van der Waals surface area contributed by atoms with Crippen molar-refractivity contribution in [3.05, 3.63) is 55.5 Å². The molecule has 7 nitrogen and oxygen atoms in total. The number of hydrogen-bond acceptors (Lipinski definition) is 7. The van der Waals surface area contributed by atoms with Crippen molar-refractivity contribution in [3.63, 3.8) is 0 Å². The zero-order chi connectivity index (χ0) is 16.8. The number of nitrogens with two attached hydrogens (primary N) is 1. The summed E-state index contributed by atoms with van der Waals surface area (Å²) in [5, 5.41) is 11.4. The number of nitro benzene ring substituents is 1. The van der Waals surface area contributed by atoms with E-state index < -0.39 is 10.9 Å². The number of aromatic nitrogens is 1. The molecule has 0 bridgehead atoms. The van der Waals surface area contributed by atoms with Crippen LogP contribution in [0.5, 0.6) is 0 Å². The van der Waals surface area contributed by atoms with Crippen LogP contribution in [0.3, 0.4) is 0 Å². The maximum atomic E-state index is 11.3. The van der Waals surface area contributed by atoms with Gasteiger partial charge in [0.1, 0.15) is 5.01 Å². The molecule has 8 heteroatoms. The van der Waals surface area contributed by atoms with E-state index in [1.807, 2.05) is 0 Å². The highest BCUT2D eigenvalue weighted by Crippen LogP contribution is 2.25. The second kappa shape index (κ2) is 7.80. The van der Waals surface area contributed by atoms with Crippen LogP contribution in [-0.4, -0.2) is 15.9 Å². The second-order valence-electron chi connectivity index (χ2n) is 4.99. The summed E-state index contributed by atoms with van der Waals surface area (Å²) >= 11 is 1.45. The van der Waals surface area contributed by atoms with Gasteiger partial charge in [0.15, 0.2) is 0 Å². The molecule has 0 unspecified atom stereocenters. The van der Waals surface area contributed by atoms with Gasteiger partial charge < -0.3 is 4.84 Å². The molecule has 0 saturated heterocycles. The second-order valence-corrected chi connectivity index (χ2v) is 6.16. The normalized spacial score (nSPS) is 10.5. The highest BCUT2D eigenvalue weighted by atomic mass is 32.1. The molecule has 0 atom stereocenters. The minimum Gasteiger partial charge on any atom is -0.373 e. The van der Waals surface area contributed by atoms with Gasteiger partial charge in [0, 0.05) is 23.4 Å². The van der Waals surface area contributed by atoms with Gasteiger partial charge >= 0.3 is 5.97 Å². The zero-order valence-corrected chi connectivity index (χ0v) is 13.5. The molecule has 2 aromatic rings. The molecule has 0 saturated carbocycles. The molecule has 0 fully saturated rings. The van der Waals surface area contributed by atoms with Gasteiger partial charge in [0.25, 0.3) is 5.69 Å². The summed E-state index contributed by atoms with van der Waals surface area (Å²) < 4.78 is 0. The monoisotopic (exact) mass is 335 g/mol. The van der Waals surface area contributed by atoms with Crippen molar-refractivity contribution in [1.29, 1.82) is 0 Å². The van der Waals surface area contributed by atoms with Crippen molar-refractivity contribution in [2.75, 3.05) is 0 Å². The van der Waals surface area contributed by atoms with E-state index in [1.54, 1.807) is 12.1 Å². The van der Waals surface area contributed by atoms with Crippen molar-refractivity contribution in [3.8, 4) is 0 Å². The Balaban J connectivity index is 2.19. The van der Waals surface area contributed by atoms with E-state index in [2.05, 4.69) is 16.7 Å². The van der Waals surface area contributed by atoms with Gasteiger partial charge in [-0.05, 0) is 12.0 Å². The van der Waals surface area contributed by atoms with Crippen molar-refractivity contribution < 1.29 is 14.6 Å². The van der Waals surface area contributed by atoms with E-state index in [-0.39, 0.29) is 12.1 Å². The smallest absolute Gasteiger partial charge is 0.331 e. The molecule has 1 heterocycles. The van der Waals surface area contributed by atoms with Gasteiger partial charge in [-0.15, -0.1) is 11.3 Å². The summed E-state index contributed by atoms with van der Waals surface area (Å²) in [6.45, 7) is 2.06. The molecular formula is C15H17N3O4S. The number of rotatable bonds is 7. The van der Waals surface area contributed by atoms with Crippen molar-refractivity contribution >= 4 is 23.0 Å². The Labute approximate surface area is 137 Å². The maximum absolute atomic E-state index is 11.3. The van der Waals surface area contributed by atoms with Gasteiger partial charge in [-0.2, -0.15) is 5.90 Å². The molecular weight excluding hydrogens is 318 g/mol. The average molecular weight is 335 g/mol. The molecule has 122 valence electrons. The maximum Gasteiger partial charge on any atom is 0.331 e. The molecule has 1 aromatic heterocycles. The lowest BCUT2D eigenvalue weighted by atomic mass is 10.1. The van der Waals surface area contributed by atoms with Crippen molar-refractivity contribution in [2.24, 2.45) is 5.90 Å². The van der Waals surface area contributed by atoms with Crippen LogP contribution in [0.15, 0.2) is 24.3 Å². The lowest BCUT2D eigenvalue weighted by Gasteiger charge is -2.01. The topological polar surface area (TPSA) is 108 Å². The van der Waals surface area contributed by atoms with E-state index in [4.69, 9.17) is 5.90 Å². The van der Waals surface area contributed by atoms with Gasteiger partial charge in [0.2, 0.25) is 0 Å². The summed E-state index contributed by atoms with van der Waals surface area (Å²) in [5.41, 5.74) is 1.98. The zero-order valence-electron chi connectivity index (χ0n) is 12.7. The molecule has 0 aliphatic heterocycles. The Morgan fingerprint density at radius 2 is 2.09 bits per heavy atom. The van der Waals surface area contributed by atoms with Crippen LogP contribution < -0.4 is 5.90 Å². The summed E-state index contributed by atoms with van der Waals surface area (Å²) in [6.07, 6.45) is 2.44. The van der Waals surface area contributed by atoms with E-state index in [0.717, 1.165) is 29.0 Å². The predicted molar refractivity (Wildman–Crippen MR) is 86.0 cm³/mol. The van der Waals surface area contributed by atoms with E-state index in [0.29, 0.717) is 11.4 Å². The minimum atomic E-state index is -0.524. The predicted octanol–water partition coefficient (Wildman–Crippen LogP) is 2.55. The van der Waals surface area contributed by atoms with Crippen LogP contribution in [0.25, 0.3) is 0 Å². The standard InChI is InChI=1S/C15H17N3O4S/c1-2-3-12-13(23-14(17-12)9-15(19)22-16)8-10-4-6-11(7-5-10)18(20)21/h4-7H,2-3,8-9,16H2,1H3. The fourth-order valence-corrected chi connectivity index (χ4v) is 3.30. The molecule has 0 amide bonds. The number of benzene rings is 1. The number of aryl methyl sites for hydroxylation is 1. The number of carbonyl (C=O) groups is 1. The lowest BCUT2D eigenvalue weighted by molar-refractivity contribution is -0.384. The first-order chi connectivity index (χ1) is 11.0. The van der Waals surface area contributed by atoms with E-state index in [1.165, 1.54) is 23.5 Å². The van der Waals surface area contributed by atoms with Crippen LogP contribution in [-0.2, 0) is 28.9 Å². The molecule has 0 radical (unpaired) electrons. The molecule has 0 aliphatic rings. The number of thiazole rings is 1. The quantitative estimate of drug-likeness (QED) is 0.615. The largest absolute Gasteiger partial charge is 0.373 e. The number of non-ortho nitro benzene ring substituents is 1. The average Bonchev–Trinajstić information content (AvgIpc) is 2.89. The molecule has 0 spiro atoms. The fourth-order valence-electron chi connectivity index (χ4n) is 2.17. The summed E-state index contributed by atoms with van der Waals surface area (Å²) in [4.78, 5) is 31.3.